The Kier molecular flexibility index (Phi) is 7.31. The van der Waals surface area contributed by atoms with Crippen molar-refractivity contribution in [3.8, 4) is 0 Å². The molecule has 2 aliphatic carbocycles. The monoisotopic (exact) mass is 429 g/mol. The predicted octanol–water partition coefficient (Wildman–Crippen LogP) is 1.86. The fourth-order valence-electron chi connectivity index (χ4n) is 5.86. The Morgan fingerprint density at radius 2 is 1.77 bits per heavy atom. The number of likely N-dealkylation sites (tertiary alicyclic amines) is 2. The van der Waals surface area contributed by atoms with Crippen LogP contribution in [0.25, 0.3) is 0 Å². The lowest BCUT2D eigenvalue weighted by Gasteiger charge is -2.28. The number of imide groups is 1. The second-order valence-corrected chi connectivity index (χ2v) is 9.79. The lowest BCUT2D eigenvalue weighted by Crippen LogP contribution is -2.40. The van der Waals surface area contributed by atoms with Gasteiger partial charge in [0, 0.05) is 32.7 Å². The number of allylic oxidation sites excluding steroid dienone is 2. The minimum absolute atomic E-state index is 0.0546. The van der Waals surface area contributed by atoms with E-state index in [2.05, 4.69) is 41.5 Å². The van der Waals surface area contributed by atoms with Gasteiger partial charge >= 0.3 is 0 Å². The fourth-order valence-corrected chi connectivity index (χ4v) is 5.86. The van der Waals surface area contributed by atoms with Crippen molar-refractivity contribution in [2.24, 2.45) is 34.6 Å². The van der Waals surface area contributed by atoms with Crippen LogP contribution < -0.4 is 10.6 Å². The summed E-state index contributed by atoms with van der Waals surface area (Å²) < 4.78 is 0. The molecule has 5 unspecified atom stereocenters. The van der Waals surface area contributed by atoms with Crippen LogP contribution in [-0.4, -0.2) is 73.4 Å². The van der Waals surface area contributed by atoms with E-state index in [0.29, 0.717) is 19.0 Å². The summed E-state index contributed by atoms with van der Waals surface area (Å²) in [5.41, 5.74) is 0. The van der Waals surface area contributed by atoms with E-state index in [9.17, 15) is 9.59 Å². The number of aliphatic imine (C=N–C) groups is 1. The zero-order valence-corrected chi connectivity index (χ0v) is 19.2. The first-order valence-electron chi connectivity index (χ1n) is 12.4. The maximum Gasteiger partial charge on any atom is 0.233 e. The van der Waals surface area contributed by atoms with Crippen LogP contribution in [0.2, 0.25) is 0 Å². The fraction of sp³-hybridized carbons (Fsp3) is 0.792. The van der Waals surface area contributed by atoms with Crippen molar-refractivity contribution in [3.05, 3.63) is 12.2 Å². The van der Waals surface area contributed by atoms with Gasteiger partial charge in [-0.2, -0.15) is 0 Å². The maximum absolute atomic E-state index is 12.8. The second kappa shape index (κ2) is 10.2. The first-order chi connectivity index (χ1) is 15.1. The highest BCUT2D eigenvalue weighted by molar-refractivity contribution is 6.06. The lowest BCUT2D eigenvalue weighted by atomic mass is 9.85. The minimum Gasteiger partial charge on any atom is -0.357 e. The quantitative estimate of drug-likeness (QED) is 0.192. The summed E-state index contributed by atoms with van der Waals surface area (Å²) in [7, 11) is 0. The molecule has 172 valence electrons. The van der Waals surface area contributed by atoms with Gasteiger partial charge in [-0.15, -0.1) is 0 Å². The number of amides is 2. The van der Waals surface area contributed by atoms with Crippen molar-refractivity contribution in [3.63, 3.8) is 0 Å². The average molecular weight is 430 g/mol. The molecule has 4 aliphatic rings. The molecular formula is C24H39N5O2. The average Bonchev–Trinajstić information content (AvgIpc) is 3.45. The van der Waals surface area contributed by atoms with Gasteiger partial charge in [0.05, 0.1) is 11.8 Å². The summed E-state index contributed by atoms with van der Waals surface area (Å²) in [6.07, 6.45) is 10.0. The van der Waals surface area contributed by atoms with Gasteiger partial charge in [0.15, 0.2) is 5.96 Å². The Morgan fingerprint density at radius 3 is 2.42 bits per heavy atom. The van der Waals surface area contributed by atoms with Crippen LogP contribution in [0.3, 0.4) is 0 Å². The molecule has 0 aromatic heterocycles. The number of nitrogens with zero attached hydrogens (tertiary/aromatic N) is 3. The molecule has 2 N–H and O–H groups in total. The van der Waals surface area contributed by atoms with Gasteiger partial charge in [-0.05, 0) is 63.5 Å². The topological polar surface area (TPSA) is 77.0 Å². The molecule has 7 nitrogen and oxygen atoms in total. The van der Waals surface area contributed by atoms with Crippen LogP contribution in [0.1, 0.15) is 46.0 Å². The minimum atomic E-state index is -0.0873. The van der Waals surface area contributed by atoms with E-state index in [1.165, 1.54) is 37.3 Å². The van der Waals surface area contributed by atoms with E-state index in [1.807, 2.05) is 0 Å². The van der Waals surface area contributed by atoms with Crippen molar-refractivity contribution in [1.29, 1.82) is 0 Å². The van der Waals surface area contributed by atoms with Crippen LogP contribution >= 0.6 is 0 Å². The summed E-state index contributed by atoms with van der Waals surface area (Å²) in [5, 5.41) is 6.69. The van der Waals surface area contributed by atoms with Gasteiger partial charge in [-0.1, -0.05) is 25.5 Å². The summed E-state index contributed by atoms with van der Waals surface area (Å²) >= 11 is 0. The van der Waals surface area contributed by atoms with Crippen molar-refractivity contribution in [2.45, 2.75) is 46.0 Å². The molecule has 31 heavy (non-hydrogen) atoms. The molecule has 1 saturated carbocycles. The van der Waals surface area contributed by atoms with Crippen molar-refractivity contribution in [1.82, 2.24) is 20.4 Å². The Hall–Kier alpha value is -1.89. The number of carbonyl (C=O) groups excluding carboxylic acids is 2. The number of hydrogen-bond acceptors (Lipinski definition) is 4. The summed E-state index contributed by atoms with van der Waals surface area (Å²) in [6, 6.07) is 0. The Balaban J connectivity index is 1.19. The molecule has 0 radical (unpaired) electrons. The SMILES string of the molecule is CCNC(=NCC(C)CN1CCCCC1)NCCCN1C(=O)C2C3C=CC(C3)C2C1=O. The molecule has 2 bridgehead atoms. The van der Waals surface area contributed by atoms with E-state index < -0.39 is 0 Å². The molecule has 5 atom stereocenters. The molecule has 2 amide bonds. The van der Waals surface area contributed by atoms with Crippen molar-refractivity contribution < 1.29 is 9.59 Å². The molecule has 4 rings (SSSR count). The molecule has 2 saturated heterocycles. The molecule has 3 fully saturated rings. The highest BCUT2D eigenvalue weighted by Crippen LogP contribution is 2.52. The summed E-state index contributed by atoms with van der Waals surface area (Å²) in [5.74, 6) is 1.86. The van der Waals surface area contributed by atoms with E-state index in [-0.39, 0.29) is 35.5 Å². The van der Waals surface area contributed by atoms with Gasteiger partial charge in [-0.25, -0.2) is 0 Å². The Morgan fingerprint density at radius 1 is 1.10 bits per heavy atom. The highest BCUT2D eigenvalue weighted by Gasteiger charge is 2.58. The Bertz CT molecular complexity index is 685. The van der Waals surface area contributed by atoms with Gasteiger partial charge in [0.2, 0.25) is 11.8 Å². The maximum atomic E-state index is 12.8. The zero-order valence-electron chi connectivity index (χ0n) is 19.2. The van der Waals surface area contributed by atoms with Crippen LogP contribution in [0.15, 0.2) is 17.1 Å². The third-order valence-electron chi connectivity index (χ3n) is 7.34. The summed E-state index contributed by atoms with van der Waals surface area (Å²) in [6.45, 7) is 10.7. The second-order valence-electron chi connectivity index (χ2n) is 9.79. The highest BCUT2D eigenvalue weighted by atomic mass is 16.2. The standard InChI is InChI=1S/C24H39N5O2/c1-3-25-24(27-15-17(2)16-28-11-5-4-6-12-28)26-10-7-13-29-22(30)20-18-8-9-19(14-18)21(20)23(29)31/h8-9,17-21H,3-7,10-16H2,1-2H3,(H2,25,26,27). The third kappa shape index (κ3) is 4.97. The van der Waals surface area contributed by atoms with E-state index in [4.69, 9.17) is 4.99 Å². The lowest BCUT2D eigenvalue weighted by molar-refractivity contribution is -0.140. The van der Waals surface area contributed by atoms with Crippen molar-refractivity contribution in [2.75, 3.05) is 45.8 Å². The van der Waals surface area contributed by atoms with E-state index in [0.717, 1.165) is 38.4 Å². The number of rotatable bonds is 9. The van der Waals surface area contributed by atoms with E-state index >= 15 is 0 Å². The molecule has 2 heterocycles. The van der Waals surface area contributed by atoms with Crippen LogP contribution in [0.5, 0.6) is 0 Å². The van der Waals surface area contributed by atoms with Gasteiger partial charge in [0.25, 0.3) is 0 Å². The van der Waals surface area contributed by atoms with E-state index in [1.54, 1.807) is 0 Å². The molecule has 0 aromatic rings. The van der Waals surface area contributed by atoms with Gasteiger partial charge in [0.1, 0.15) is 0 Å². The Labute approximate surface area is 186 Å². The normalized spacial score (nSPS) is 31.4. The van der Waals surface area contributed by atoms with Gasteiger partial charge < -0.3 is 15.5 Å². The third-order valence-corrected chi connectivity index (χ3v) is 7.34. The van der Waals surface area contributed by atoms with Crippen LogP contribution in [0.4, 0.5) is 0 Å². The van der Waals surface area contributed by atoms with Crippen LogP contribution in [-0.2, 0) is 9.59 Å². The molecule has 0 spiro atoms. The number of nitrogens with one attached hydrogen (secondary N) is 2. The number of fused-ring (bicyclic) bond motifs is 5. The first-order valence-corrected chi connectivity index (χ1v) is 12.4. The predicted molar refractivity (Wildman–Crippen MR) is 122 cm³/mol. The largest absolute Gasteiger partial charge is 0.357 e. The molecule has 0 aromatic carbocycles. The smallest absolute Gasteiger partial charge is 0.233 e. The molecule has 7 heteroatoms. The number of piperidine rings is 1. The van der Waals surface area contributed by atoms with Crippen LogP contribution in [0, 0.1) is 29.6 Å². The number of carbonyl (C=O) groups is 2. The molecule has 2 aliphatic heterocycles. The van der Waals surface area contributed by atoms with Crippen molar-refractivity contribution >= 4 is 17.8 Å². The number of guanidine groups is 1. The number of hydrogen-bond donors (Lipinski definition) is 2. The zero-order chi connectivity index (χ0) is 21.8. The summed E-state index contributed by atoms with van der Waals surface area (Å²) in [4.78, 5) is 34.4. The first kappa shape index (κ1) is 22.3. The van der Waals surface area contributed by atoms with Gasteiger partial charge in [-0.3, -0.25) is 19.5 Å². The molecular weight excluding hydrogens is 390 g/mol.